The van der Waals surface area contributed by atoms with Gasteiger partial charge in [0.05, 0.1) is 18.3 Å². The van der Waals surface area contributed by atoms with Crippen molar-refractivity contribution in [1.82, 2.24) is 30.2 Å². The minimum absolute atomic E-state index is 0.0580. The summed E-state index contributed by atoms with van der Waals surface area (Å²) in [6.45, 7) is 0.470. The molecule has 5 rings (SSSR count). The van der Waals surface area contributed by atoms with Gasteiger partial charge < -0.3 is 14.6 Å². The quantitative estimate of drug-likeness (QED) is 0.318. The third-order valence-corrected chi connectivity index (χ3v) is 6.09. The fraction of sp³-hybridized carbons (Fsp3) is 0.179. The maximum atomic E-state index is 13.8. The van der Waals surface area contributed by atoms with E-state index in [9.17, 15) is 9.59 Å². The molecule has 0 aliphatic rings. The van der Waals surface area contributed by atoms with Gasteiger partial charge in [0, 0.05) is 24.5 Å². The average Bonchev–Trinajstić information content (AvgIpc) is 3.61. The van der Waals surface area contributed by atoms with Gasteiger partial charge in [-0.1, -0.05) is 53.7 Å². The largest absolute Gasteiger partial charge is 0.467 e. The topological polar surface area (TPSA) is 106 Å². The molecule has 0 aliphatic heterocycles. The second-order valence-electron chi connectivity index (χ2n) is 8.54. The standard InChI is InChI=1S/C28H26N6O3/c35-26(20-34-25-13-5-4-12-24(25)31-32-34)33(16-14-21-8-2-1-3-9-21)27(22-10-6-15-29-18-22)28(36)30-19-23-11-7-17-37-23/h1-13,15,17-18,27H,14,16,19-20H2,(H,30,36)/t27-/m1/s1. The number of pyridine rings is 1. The summed E-state index contributed by atoms with van der Waals surface area (Å²) in [5.41, 5.74) is 3.13. The van der Waals surface area contributed by atoms with Crippen molar-refractivity contribution in [3.8, 4) is 0 Å². The molecule has 0 saturated heterocycles. The van der Waals surface area contributed by atoms with Crippen LogP contribution in [0, 0.1) is 0 Å². The van der Waals surface area contributed by atoms with Crippen LogP contribution >= 0.6 is 0 Å². The molecule has 1 N–H and O–H groups in total. The fourth-order valence-corrected chi connectivity index (χ4v) is 4.24. The molecule has 1 atom stereocenters. The summed E-state index contributed by atoms with van der Waals surface area (Å²) in [5, 5.41) is 11.3. The van der Waals surface area contributed by atoms with Crippen LogP contribution in [0.4, 0.5) is 0 Å². The molecule has 9 nitrogen and oxygen atoms in total. The predicted molar refractivity (Wildman–Crippen MR) is 137 cm³/mol. The van der Waals surface area contributed by atoms with Crippen LogP contribution < -0.4 is 5.32 Å². The number of benzene rings is 2. The van der Waals surface area contributed by atoms with Gasteiger partial charge in [0.1, 0.15) is 23.9 Å². The van der Waals surface area contributed by atoms with Gasteiger partial charge in [-0.05, 0) is 42.3 Å². The van der Waals surface area contributed by atoms with E-state index in [1.807, 2.05) is 54.6 Å². The molecule has 0 unspecified atom stereocenters. The van der Waals surface area contributed by atoms with Gasteiger partial charge in [-0.2, -0.15) is 0 Å². The van der Waals surface area contributed by atoms with Crippen LogP contribution in [0.15, 0.2) is 102 Å². The molecule has 3 aromatic heterocycles. The molecule has 37 heavy (non-hydrogen) atoms. The molecule has 0 fully saturated rings. The lowest BCUT2D eigenvalue weighted by Gasteiger charge is -2.31. The predicted octanol–water partition coefficient (Wildman–Crippen LogP) is 3.55. The highest BCUT2D eigenvalue weighted by Crippen LogP contribution is 2.23. The molecule has 0 aliphatic carbocycles. The Balaban J connectivity index is 1.46. The highest BCUT2D eigenvalue weighted by molar-refractivity contribution is 5.89. The first-order valence-electron chi connectivity index (χ1n) is 12.0. The molecular weight excluding hydrogens is 468 g/mol. The number of furan rings is 1. The molecule has 0 spiro atoms. The van der Waals surface area contributed by atoms with Gasteiger partial charge >= 0.3 is 0 Å². The third-order valence-electron chi connectivity index (χ3n) is 6.09. The van der Waals surface area contributed by atoms with E-state index in [1.54, 1.807) is 52.5 Å². The first kappa shape index (κ1) is 23.9. The normalized spacial score (nSPS) is 11.8. The molecule has 2 aromatic carbocycles. The van der Waals surface area contributed by atoms with Crippen LogP contribution in [-0.4, -0.2) is 43.2 Å². The smallest absolute Gasteiger partial charge is 0.247 e. The number of para-hydroxylation sites is 1. The molecule has 9 heteroatoms. The van der Waals surface area contributed by atoms with E-state index in [4.69, 9.17) is 4.42 Å². The Hall–Kier alpha value is -4.79. The zero-order valence-corrected chi connectivity index (χ0v) is 20.1. The van der Waals surface area contributed by atoms with Crippen molar-refractivity contribution in [2.45, 2.75) is 25.6 Å². The number of nitrogens with one attached hydrogen (secondary N) is 1. The van der Waals surface area contributed by atoms with Gasteiger partial charge in [-0.3, -0.25) is 14.6 Å². The summed E-state index contributed by atoms with van der Waals surface area (Å²) in [6, 6.07) is 23.5. The summed E-state index contributed by atoms with van der Waals surface area (Å²) in [6.07, 6.45) is 5.38. The van der Waals surface area contributed by atoms with Crippen LogP contribution in [0.1, 0.15) is 22.9 Å². The highest BCUT2D eigenvalue weighted by atomic mass is 16.3. The maximum Gasteiger partial charge on any atom is 0.247 e. The Morgan fingerprint density at radius 3 is 2.59 bits per heavy atom. The first-order chi connectivity index (χ1) is 18.2. The van der Waals surface area contributed by atoms with Crippen molar-refractivity contribution >= 4 is 22.8 Å². The minimum Gasteiger partial charge on any atom is -0.467 e. The van der Waals surface area contributed by atoms with Crippen molar-refractivity contribution in [1.29, 1.82) is 0 Å². The van der Waals surface area contributed by atoms with E-state index in [2.05, 4.69) is 20.6 Å². The number of rotatable bonds is 10. The Morgan fingerprint density at radius 2 is 1.81 bits per heavy atom. The Morgan fingerprint density at radius 1 is 0.973 bits per heavy atom. The van der Waals surface area contributed by atoms with Gasteiger partial charge in [0.25, 0.3) is 0 Å². The number of hydrogen-bond donors (Lipinski definition) is 1. The molecule has 0 saturated carbocycles. The van der Waals surface area contributed by atoms with Crippen molar-refractivity contribution in [3.05, 3.63) is 114 Å². The second kappa shape index (κ2) is 11.3. The fourth-order valence-electron chi connectivity index (χ4n) is 4.24. The zero-order chi connectivity index (χ0) is 25.5. The number of amides is 2. The van der Waals surface area contributed by atoms with Crippen molar-refractivity contribution < 1.29 is 14.0 Å². The molecule has 2 amide bonds. The SMILES string of the molecule is O=C(NCc1ccco1)[C@@H](c1cccnc1)N(CCc1ccccc1)C(=O)Cn1nnc2ccccc21. The number of aromatic nitrogens is 4. The van der Waals surface area contributed by atoms with Crippen LogP contribution in [0.25, 0.3) is 11.0 Å². The van der Waals surface area contributed by atoms with Crippen molar-refractivity contribution in [3.63, 3.8) is 0 Å². The van der Waals surface area contributed by atoms with Crippen molar-refractivity contribution in [2.24, 2.45) is 0 Å². The Kier molecular flexibility index (Phi) is 7.31. The monoisotopic (exact) mass is 494 g/mol. The molecule has 186 valence electrons. The Bertz CT molecular complexity index is 1450. The van der Waals surface area contributed by atoms with Gasteiger partial charge in [-0.15, -0.1) is 5.10 Å². The lowest BCUT2D eigenvalue weighted by molar-refractivity contribution is -0.141. The highest BCUT2D eigenvalue weighted by Gasteiger charge is 2.32. The second-order valence-corrected chi connectivity index (χ2v) is 8.54. The number of hydrogen-bond acceptors (Lipinski definition) is 6. The van der Waals surface area contributed by atoms with Crippen LogP contribution in [-0.2, 0) is 29.1 Å². The lowest BCUT2D eigenvalue weighted by atomic mass is 10.0. The van der Waals surface area contributed by atoms with Crippen LogP contribution in [0.3, 0.4) is 0 Å². The average molecular weight is 495 g/mol. The molecular formula is C28H26N6O3. The minimum atomic E-state index is -0.894. The summed E-state index contributed by atoms with van der Waals surface area (Å²) in [4.78, 5) is 33.3. The van der Waals surface area contributed by atoms with E-state index in [0.29, 0.717) is 29.8 Å². The van der Waals surface area contributed by atoms with Crippen molar-refractivity contribution in [2.75, 3.05) is 6.54 Å². The van der Waals surface area contributed by atoms with Crippen LogP contribution in [0.2, 0.25) is 0 Å². The van der Waals surface area contributed by atoms with E-state index >= 15 is 0 Å². The number of carbonyl (C=O) groups is 2. The maximum absolute atomic E-state index is 13.8. The number of fused-ring (bicyclic) bond motifs is 1. The van der Waals surface area contributed by atoms with E-state index in [-0.39, 0.29) is 24.9 Å². The molecule has 0 radical (unpaired) electrons. The molecule has 3 heterocycles. The molecule has 5 aromatic rings. The third kappa shape index (κ3) is 5.72. The van der Waals surface area contributed by atoms with E-state index in [0.717, 1.165) is 11.1 Å². The molecule has 0 bridgehead atoms. The van der Waals surface area contributed by atoms with Crippen LogP contribution in [0.5, 0.6) is 0 Å². The van der Waals surface area contributed by atoms with Gasteiger partial charge in [-0.25, -0.2) is 4.68 Å². The van der Waals surface area contributed by atoms with Gasteiger partial charge in [0.15, 0.2) is 0 Å². The summed E-state index contributed by atoms with van der Waals surface area (Å²) in [5.74, 6) is 0.0392. The lowest BCUT2D eigenvalue weighted by Crippen LogP contribution is -2.45. The summed E-state index contributed by atoms with van der Waals surface area (Å²) < 4.78 is 6.93. The van der Waals surface area contributed by atoms with E-state index in [1.165, 1.54) is 0 Å². The van der Waals surface area contributed by atoms with Gasteiger partial charge in [0.2, 0.25) is 11.8 Å². The van der Waals surface area contributed by atoms with E-state index < -0.39 is 6.04 Å². The summed E-state index contributed by atoms with van der Waals surface area (Å²) in [7, 11) is 0. The Labute approximate surface area is 213 Å². The number of nitrogens with zero attached hydrogens (tertiary/aromatic N) is 5. The number of carbonyl (C=O) groups excluding carboxylic acids is 2. The zero-order valence-electron chi connectivity index (χ0n) is 20.1. The summed E-state index contributed by atoms with van der Waals surface area (Å²) >= 11 is 0. The first-order valence-corrected chi connectivity index (χ1v) is 12.0.